The van der Waals surface area contributed by atoms with Crippen LogP contribution in [-0.2, 0) is 13.5 Å². The lowest BCUT2D eigenvalue weighted by Gasteiger charge is -2.08. The number of nitrogens with two attached hydrogens (primary N) is 1. The molecule has 6 heteroatoms. The highest BCUT2D eigenvalue weighted by atomic mass is 35.5. The number of halogens is 1. The highest BCUT2D eigenvalue weighted by Gasteiger charge is 2.17. The molecule has 2 rings (SSSR count). The zero-order valence-electron chi connectivity index (χ0n) is 10.1. The lowest BCUT2D eigenvalue weighted by Crippen LogP contribution is -2.12. The molecular weight excluding hydrogens is 256 g/mol. The maximum Gasteiger partial charge on any atom is 0.130 e. The summed E-state index contributed by atoms with van der Waals surface area (Å²) in [7, 11) is 1.83. The predicted octanol–water partition coefficient (Wildman–Crippen LogP) is 2.39. The van der Waals surface area contributed by atoms with Gasteiger partial charge in [-0.25, -0.2) is 4.98 Å². The van der Waals surface area contributed by atoms with Crippen molar-refractivity contribution in [2.24, 2.45) is 12.8 Å². The normalized spacial score (nSPS) is 13.0. The minimum absolute atomic E-state index is 0.0680. The SMILES string of the molecule is Cc1ncc(C(N)Cc2c(C)nn(C)c2Cl)s1. The van der Waals surface area contributed by atoms with Gasteiger partial charge in [0.25, 0.3) is 0 Å². The molecule has 1 unspecified atom stereocenters. The molecule has 0 aliphatic carbocycles. The summed E-state index contributed by atoms with van der Waals surface area (Å²) in [6.07, 6.45) is 2.53. The number of hydrogen-bond acceptors (Lipinski definition) is 4. The molecule has 2 aromatic heterocycles. The second kappa shape index (κ2) is 4.76. The molecule has 92 valence electrons. The second-order valence-corrected chi connectivity index (χ2v) is 5.70. The molecule has 0 amide bonds. The second-order valence-electron chi connectivity index (χ2n) is 4.07. The Hall–Kier alpha value is -0.910. The predicted molar refractivity (Wildman–Crippen MR) is 70.4 cm³/mol. The summed E-state index contributed by atoms with van der Waals surface area (Å²) in [6, 6.07) is -0.0680. The first-order chi connectivity index (χ1) is 7.99. The summed E-state index contributed by atoms with van der Waals surface area (Å²) in [5, 5.41) is 5.98. The Labute approximate surface area is 109 Å². The van der Waals surface area contributed by atoms with E-state index < -0.39 is 0 Å². The van der Waals surface area contributed by atoms with Gasteiger partial charge >= 0.3 is 0 Å². The number of aromatic nitrogens is 3. The van der Waals surface area contributed by atoms with Gasteiger partial charge in [-0.15, -0.1) is 11.3 Å². The third kappa shape index (κ3) is 2.51. The minimum Gasteiger partial charge on any atom is -0.323 e. The molecule has 0 bridgehead atoms. The maximum absolute atomic E-state index is 6.18. The van der Waals surface area contributed by atoms with E-state index in [1.165, 1.54) is 0 Å². The van der Waals surface area contributed by atoms with E-state index in [-0.39, 0.29) is 6.04 Å². The van der Waals surface area contributed by atoms with Crippen molar-refractivity contribution >= 4 is 22.9 Å². The van der Waals surface area contributed by atoms with Crippen LogP contribution < -0.4 is 5.73 Å². The van der Waals surface area contributed by atoms with Gasteiger partial charge in [-0.1, -0.05) is 11.6 Å². The Morgan fingerprint density at radius 1 is 1.53 bits per heavy atom. The topological polar surface area (TPSA) is 56.7 Å². The van der Waals surface area contributed by atoms with Gasteiger partial charge < -0.3 is 5.73 Å². The molecule has 0 fully saturated rings. The number of thiazole rings is 1. The van der Waals surface area contributed by atoms with Crippen molar-refractivity contribution in [2.45, 2.75) is 26.3 Å². The highest BCUT2D eigenvalue weighted by Crippen LogP contribution is 2.26. The van der Waals surface area contributed by atoms with Crippen LogP contribution in [0.15, 0.2) is 6.20 Å². The van der Waals surface area contributed by atoms with Crippen LogP contribution in [0.25, 0.3) is 0 Å². The lowest BCUT2D eigenvalue weighted by molar-refractivity contribution is 0.730. The molecule has 0 aliphatic rings. The van der Waals surface area contributed by atoms with E-state index in [1.807, 2.05) is 27.1 Å². The summed E-state index contributed by atoms with van der Waals surface area (Å²) in [4.78, 5) is 5.30. The molecule has 4 nitrogen and oxygen atoms in total. The number of nitrogens with zero attached hydrogens (tertiary/aromatic N) is 3. The molecule has 17 heavy (non-hydrogen) atoms. The first-order valence-corrected chi connectivity index (χ1v) is 6.54. The fourth-order valence-corrected chi connectivity index (χ4v) is 2.81. The first-order valence-electron chi connectivity index (χ1n) is 5.35. The van der Waals surface area contributed by atoms with E-state index in [1.54, 1.807) is 16.0 Å². The average molecular weight is 271 g/mol. The van der Waals surface area contributed by atoms with Gasteiger partial charge in [-0.3, -0.25) is 4.68 Å². The monoisotopic (exact) mass is 270 g/mol. The molecule has 2 heterocycles. The number of rotatable bonds is 3. The van der Waals surface area contributed by atoms with E-state index >= 15 is 0 Å². The fourth-order valence-electron chi connectivity index (χ4n) is 1.78. The van der Waals surface area contributed by atoms with Crippen LogP contribution in [0.1, 0.15) is 27.2 Å². The largest absolute Gasteiger partial charge is 0.323 e. The standard InChI is InChI=1S/C11H15ClN4S/c1-6-8(11(12)16(3)15-6)4-9(13)10-5-14-7(2)17-10/h5,9H,4,13H2,1-3H3. The summed E-state index contributed by atoms with van der Waals surface area (Å²) in [5.41, 5.74) is 8.12. The third-order valence-electron chi connectivity index (χ3n) is 2.70. The van der Waals surface area contributed by atoms with Crippen molar-refractivity contribution < 1.29 is 0 Å². The molecule has 1 atom stereocenters. The van der Waals surface area contributed by atoms with Crippen LogP contribution in [0, 0.1) is 13.8 Å². The molecular formula is C11H15ClN4S. The van der Waals surface area contributed by atoms with Crippen LogP contribution in [0.3, 0.4) is 0 Å². The van der Waals surface area contributed by atoms with Gasteiger partial charge in [0.2, 0.25) is 0 Å². The van der Waals surface area contributed by atoms with Crippen LogP contribution in [0.4, 0.5) is 0 Å². The van der Waals surface area contributed by atoms with Crippen LogP contribution in [-0.4, -0.2) is 14.8 Å². The van der Waals surface area contributed by atoms with E-state index in [9.17, 15) is 0 Å². The molecule has 0 aromatic carbocycles. The van der Waals surface area contributed by atoms with Gasteiger partial charge in [0, 0.05) is 29.7 Å². The molecule has 0 radical (unpaired) electrons. The zero-order valence-corrected chi connectivity index (χ0v) is 11.6. The first kappa shape index (κ1) is 12.5. The van der Waals surface area contributed by atoms with Crippen molar-refractivity contribution in [3.05, 3.63) is 32.5 Å². The highest BCUT2D eigenvalue weighted by molar-refractivity contribution is 7.11. The van der Waals surface area contributed by atoms with Crippen LogP contribution in [0.2, 0.25) is 5.15 Å². The van der Waals surface area contributed by atoms with Crippen molar-refractivity contribution in [1.82, 2.24) is 14.8 Å². The van der Waals surface area contributed by atoms with Crippen molar-refractivity contribution in [1.29, 1.82) is 0 Å². The van der Waals surface area contributed by atoms with Gasteiger partial charge in [0.15, 0.2) is 0 Å². The number of hydrogen-bond donors (Lipinski definition) is 1. The molecule has 0 saturated heterocycles. The minimum atomic E-state index is -0.0680. The summed E-state index contributed by atoms with van der Waals surface area (Å²) in [6.45, 7) is 3.93. The van der Waals surface area contributed by atoms with Crippen LogP contribution in [0.5, 0.6) is 0 Å². The van der Waals surface area contributed by atoms with Crippen molar-refractivity contribution in [3.8, 4) is 0 Å². The molecule has 0 spiro atoms. The molecule has 0 saturated carbocycles. The van der Waals surface area contributed by atoms with Gasteiger partial charge in [-0.05, 0) is 20.3 Å². The molecule has 2 N–H and O–H groups in total. The third-order valence-corrected chi connectivity index (χ3v) is 4.22. The molecule has 0 aliphatic heterocycles. The van der Waals surface area contributed by atoms with Crippen LogP contribution >= 0.6 is 22.9 Å². The Balaban J connectivity index is 2.21. The van der Waals surface area contributed by atoms with Crippen molar-refractivity contribution in [3.63, 3.8) is 0 Å². The Morgan fingerprint density at radius 2 is 2.24 bits per heavy atom. The Bertz CT molecular complexity index is 532. The summed E-state index contributed by atoms with van der Waals surface area (Å²) in [5.74, 6) is 0. The van der Waals surface area contributed by atoms with Crippen molar-refractivity contribution in [2.75, 3.05) is 0 Å². The van der Waals surface area contributed by atoms with Gasteiger partial charge in [-0.2, -0.15) is 5.10 Å². The Morgan fingerprint density at radius 3 is 2.71 bits per heavy atom. The van der Waals surface area contributed by atoms with E-state index in [0.717, 1.165) is 21.1 Å². The lowest BCUT2D eigenvalue weighted by atomic mass is 10.1. The van der Waals surface area contributed by atoms with E-state index in [2.05, 4.69) is 10.1 Å². The average Bonchev–Trinajstić information content (AvgIpc) is 2.79. The summed E-state index contributed by atoms with van der Waals surface area (Å²) >= 11 is 7.81. The number of aryl methyl sites for hydroxylation is 3. The zero-order chi connectivity index (χ0) is 12.6. The van der Waals surface area contributed by atoms with E-state index in [0.29, 0.717) is 11.6 Å². The fraction of sp³-hybridized carbons (Fsp3) is 0.455. The quantitative estimate of drug-likeness (QED) is 0.932. The maximum atomic E-state index is 6.18. The smallest absolute Gasteiger partial charge is 0.130 e. The van der Waals surface area contributed by atoms with Gasteiger partial charge in [0.1, 0.15) is 5.15 Å². The Kier molecular flexibility index (Phi) is 3.51. The molecule has 2 aromatic rings. The van der Waals surface area contributed by atoms with Gasteiger partial charge in [0.05, 0.1) is 10.7 Å². The van der Waals surface area contributed by atoms with E-state index in [4.69, 9.17) is 17.3 Å². The summed E-state index contributed by atoms with van der Waals surface area (Å²) < 4.78 is 1.68.